The number of nitrogens with zero attached hydrogens (tertiary/aromatic N) is 1. The Morgan fingerprint density at radius 3 is 2.00 bits per heavy atom. The maximum Gasteiger partial charge on any atom is 0.0912 e. The van der Waals surface area contributed by atoms with Gasteiger partial charge in [-0.2, -0.15) is 5.26 Å². The fraction of sp³-hybridized carbons (Fsp3) is 0.621. The Kier molecular flexibility index (Phi) is 9.75. The van der Waals surface area contributed by atoms with E-state index in [9.17, 15) is 0 Å². The summed E-state index contributed by atoms with van der Waals surface area (Å²) in [6.45, 7) is 2.24. The standard InChI is InChI=1S/C29H41N/c1-2-24-15-19-28(20-16-24)29-21-17-27(18-22-29)10-6-5-9-26-13-11-25(12-14-26)8-4-3-7-23-30/h3-4,7-8,15-16,19-20,25-27,29H,2,5-6,9-14,17-18,21-22H2,1H3/t25-,26-,27-,29-. The van der Waals surface area contributed by atoms with Gasteiger partial charge in [0.25, 0.3) is 0 Å². The quantitative estimate of drug-likeness (QED) is 0.230. The molecule has 1 aromatic carbocycles. The highest BCUT2D eigenvalue weighted by Crippen LogP contribution is 2.38. The van der Waals surface area contributed by atoms with E-state index in [-0.39, 0.29) is 0 Å². The van der Waals surface area contributed by atoms with Crippen molar-refractivity contribution in [2.24, 2.45) is 17.8 Å². The average molecular weight is 404 g/mol. The lowest BCUT2D eigenvalue weighted by molar-refractivity contribution is 0.273. The lowest BCUT2D eigenvalue weighted by Gasteiger charge is -2.29. The molecule has 3 rings (SSSR count). The van der Waals surface area contributed by atoms with Crippen LogP contribution in [0.5, 0.6) is 0 Å². The van der Waals surface area contributed by atoms with Crippen LogP contribution in [0.25, 0.3) is 0 Å². The van der Waals surface area contributed by atoms with Gasteiger partial charge >= 0.3 is 0 Å². The van der Waals surface area contributed by atoms with Crippen molar-refractivity contribution >= 4 is 0 Å². The minimum Gasteiger partial charge on any atom is -0.193 e. The van der Waals surface area contributed by atoms with E-state index in [1.165, 1.54) is 82.6 Å². The summed E-state index contributed by atoms with van der Waals surface area (Å²) in [4.78, 5) is 0. The molecule has 1 nitrogen and oxygen atoms in total. The van der Waals surface area contributed by atoms with E-state index in [4.69, 9.17) is 5.26 Å². The van der Waals surface area contributed by atoms with Crippen LogP contribution in [0.4, 0.5) is 0 Å². The molecule has 0 spiro atoms. The number of aryl methyl sites for hydroxylation is 1. The fourth-order valence-electron chi connectivity index (χ4n) is 5.67. The lowest BCUT2D eigenvalue weighted by Crippen LogP contribution is -2.14. The summed E-state index contributed by atoms with van der Waals surface area (Å²) in [5.41, 5.74) is 3.04. The second kappa shape index (κ2) is 12.8. The smallest absolute Gasteiger partial charge is 0.0912 e. The van der Waals surface area contributed by atoms with E-state index in [0.29, 0.717) is 0 Å². The summed E-state index contributed by atoms with van der Waals surface area (Å²) in [7, 11) is 0. The van der Waals surface area contributed by atoms with Crippen molar-refractivity contribution in [2.45, 2.75) is 96.3 Å². The molecule has 2 saturated carbocycles. The third-order valence-electron chi connectivity index (χ3n) is 7.74. The zero-order valence-corrected chi connectivity index (χ0v) is 19.1. The summed E-state index contributed by atoms with van der Waals surface area (Å²) in [5, 5.41) is 8.53. The molecule has 0 aromatic heterocycles. The Hall–Kier alpha value is -1.81. The second-order valence-electron chi connectivity index (χ2n) is 9.75. The Balaban J connectivity index is 1.25. The minimum absolute atomic E-state index is 0.734. The predicted molar refractivity (Wildman–Crippen MR) is 128 cm³/mol. The summed E-state index contributed by atoms with van der Waals surface area (Å²) in [6.07, 6.45) is 25.9. The zero-order chi connectivity index (χ0) is 21.0. The second-order valence-corrected chi connectivity index (χ2v) is 9.75. The molecule has 162 valence electrons. The zero-order valence-electron chi connectivity index (χ0n) is 19.1. The van der Waals surface area contributed by atoms with Crippen LogP contribution in [-0.4, -0.2) is 0 Å². The van der Waals surface area contributed by atoms with Gasteiger partial charge in [0.05, 0.1) is 6.07 Å². The first-order chi connectivity index (χ1) is 14.8. The van der Waals surface area contributed by atoms with Crippen LogP contribution in [0.2, 0.25) is 0 Å². The molecule has 0 atom stereocenters. The molecule has 1 aromatic rings. The number of nitriles is 1. The lowest BCUT2D eigenvalue weighted by atomic mass is 9.76. The van der Waals surface area contributed by atoms with Crippen molar-refractivity contribution in [1.82, 2.24) is 0 Å². The Labute approximate surface area is 185 Å². The maximum absolute atomic E-state index is 8.53. The van der Waals surface area contributed by atoms with Gasteiger partial charge in [-0.15, -0.1) is 0 Å². The van der Waals surface area contributed by atoms with Gasteiger partial charge in [-0.3, -0.25) is 0 Å². The number of benzene rings is 1. The van der Waals surface area contributed by atoms with E-state index < -0.39 is 0 Å². The van der Waals surface area contributed by atoms with Crippen LogP contribution in [0.3, 0.4) is 0 Å². The summed E-state index contributed by atoms with van der Waals surface area (Å²) in [6, 6.07) is 11.5. The average Bonchev–Trinajstić information content (AvgIpc) is 2.81. The van der Waals surface area contributed by atoms with Gasteiger partial charge < -0.3 is 0 Å². The van der Waals surface area contributed by atoms with Crippen LogP contribution in [0.15, 0.2) is 48.6 Å². The molecule has 0 N–H and O–H groups in total. The molecule has 0 amide bonds. The van der Waals surface area contributed by atoms with Gasteiger partial charge in [-0.25, -0.2) is 0 Å². The molecule has 30 heavy (non-hydrogen) atoms. The third-order valence-corrected chi connectivity index (χ3v) is 7.74. The van der Waals surface area contributed by atoms with Crippen LogP contribution >= 0.6 is 0 Å². The SMILES string of the molecule is CCc1ccc([C@H]2CC[C@H](CCCC[C@H]3CC[C@H](C=CC=CC#N)CC3)CC2)cc1. The first-order valence-electron chi connectivity index (χ1n) is 12.6. The van der Waals surface area contributed by atoms with Crippen LogP contribution in [-0.2, 0) is 6.42 Å². The highest BCUT2D eigenvalue weighted by Gasteiger charge is 2.23. The topological polar surface area (TPSA) is 23.8 Å². The minimum atomic E-state index is 0.734. The normalized spacial score (nSPS) is 27.5. The molecule has 0 aliphatic heterocycles. The summed E-state index contributed by atoms with van der Waals surface area (Å²) < 4.78 is 0. The Bertz CT molecular complexity index is 689. The maximum atomic E-state index is 8.53. The van der Waals surface area contributed by atoms with E-state index >= 15 is 0 Å². The molecular formula is C29H41N. The molecule has 2 aliphatic carbocycles. The van der Waals surface area contributed by atoms with E-state index in [1.54, 1.807) is 11.6 Å². The van der Waals surface area contributed by atoms with Crippen molar-refractivity contribution < 1.29 is 0 Å². The third kappa shape index (κ3) is 7.46. The highest BCUT2D eigenvalue weighted by molar-refractivity contribution is 5.25. The Morgan fingerprint density at radius 1 is 0.833 bits per heavy atom. The first kappa shape index (κ1) is 22.9. The Morgan fingerprint density at radius 2 is 1.43 bits per heavy atom. The van der Waals surface area contributed by atoms with Gasteiger partial charge in [0, 0.05) is 6.08 Å². The van der Waals surface area contributed by atoms with Gasteiger partial charge in [0.2, 0.25) is 0 Å². The van der Waals surface area contributed by atoms with Gasteiger partial charge in [-0.05, 0) is 92.6 Å². The van der Waals surface area contributed by atoms with Crippen molar-refractivity contribution in [3.05, 3.63) is 59.7 Å². The number of hydrogen-bond donors (Lipinski definition) is 0. The molecule has 2 aliphatic rings. The van der Waals surface area contributed by atoms with Crippen LogP contribution < -0.4 is 0 Å². The van der Waals surface area contributed by atoms with Gasteiger partial charge in [-0.1, -0.05) is 75.1 Å². The van der Waals surface area contributed by atoms with E-state index in [0.717, 1.165) is 30.1 Å². The molecular weight excluding hydrogens is 362 g/mol. The van der Waals surface area contributed by atoms with Crippen molar-refractivity contribution in [2.75, 3.05) is 0 Å². The molecule has 0 saturated heterocycles. The molecule has 0 unspecified atom stereocenters. The fourth-order valence-corrected chi connectivity index (χ4v) is 5.67. The van der Waals surface area contributed by atoms with Crippen molar-refractivity contribution in [3.8, 4) is 6.07 Å². The highest BCUT2D eigenvalue weighted by atomic mass is 14.3. The largest absolute Gasteiger partial charge is 0.193 e. The molecule has 0 heterocycles. The van der Waals surface area contributed by atoms with Crippen LogP contribution in [0, 0.1) is 29.1 Å². The molecule has 2 fully saturated rings. The number of unbranched alkanes of at least 4 members (excludes halogenated alkanes) is 1. The molecule has 0 bridgehead atoms. The molecule has 0 radical (unpaired) electrons. The van der Waals surface area contributed by atoms with E-state index in [2.05, 4.69) is 43.3 Å². The predicted octanol–water partition coefficient (Wildman–Crippen LogP) is 8.53. The van der Waals surface area contributed by atoms with Gasteiger partial charge in [0.15, 0.2) is 0 Å². The first-order valence-corrected chi connectivity index (χ1v) is 12.6. The number of allylic oxidation sites excluding steroid dienone is 4. The van der Waals surface area contributed by atoms with Crippen molar-refractivity contribution in [1.29, 1.82) is 5.26 Å². The number of hydrogen-bond acceptors (Lipinski definition) is 1. The van der Waals surface area contributed by atoms with Gasteiger partial charge in [0.1, 0.15) is 0 Å². The van der Waals surface area contributed by atoms with Crippen LogP contribution in [0.1, 0.15) is 101 Å². The number of rotatable bonds is 9. The van der Waals surface area contributed by atoms with Crippen molar-refractivity contribution in [3.63, 3.8) is 0 Å². The monoisotopic (exact) mass is 403 g/mol. The summed E-state index contributed by atoms with van der Waals surface area (Å²) in [5.74, 6) is 3.49. The summed E-state index contributed by atoms with van der Waals surface area (Å²) >= 11 is 0. The van der Waals surface area contributed by atoms with E-state index in [1.807, 2.05) is 12.1 Å². The molecule has 1 heteroatoms.